The van der Waals surface area contributed by atoms with Gasteiger partial charge in [-0.05, 0) is 59.4 Å². The van der Waals surface area contributed by atoms with Crippen LogP contribution in [0.2, 0.25) is 5.02 Å². The smallest absolute Gasteiger partial charge is 0.321 e. The molecular weight excluding hydrogens is 404 g/mol. The minimum Gasteiger partial charge on any atom is -0.495 e. The number of H-pyrrole nitrogens is 1. The Balaban J connectivity index is 1.64. The maximum Gasteiger partial charge on any atom is 0.321 e. The number of aromatic amines is 1. The Morgan fingerprint density at radius 1 is 1.20 bits per heavy atom. The molecule has 1 saturated heterocycles. The van der Waals surface area contributed by atoms with Gasteiger partial charge in [-0.1, -0.05) is 30.7 Å². The number of methoxy groups -OCH3 is 1. The summed E-state index contributed by atoms with van der Waals surface area (Å²) in [5.74, 6) is 1.69. The number of tetrazole rings is 1. The second kappa shape index (κ2) is 8.71. The number of aromatic nitrogens is 4. The highest BCUT2D eigenvalue weighted by molar-refractivity contribution is 6.32. The number of rotatable bonds is 4. The van der Waals surface area contributed by atoms with Gasteiger partial charge >= 0.3 is 6.03 Å². The van der Waals surface area contributed by atoms with Gasteiger partial charge in [0, 0.05) is 24.3 Å². The molecule has 156 valence electrons. The molecule has 2 heterocycles. The Morgan fingerprint density at radius 2 is 2.00 bits per heavy atom. The minimum absolute atomic E-state index is 0.0961. The molecule has 3 aromatic rings. The highest BCUT2D eigenvalue weighted by Crippen LogP contribution is 2.36. The molecule has 1 aromatic heterocycles. The second-order valence-corrected chi connectivity index (χ2v) is 7.85. The number of amides is 2. The fraction of sp³-hybridized carbons (Fsp3) is 0.333. The summed E-state index contributed by atoms with van der Waals surface area (Å²) in [7, 11) is 1.58. The third-order valence-electron chi connectivity index (χ3n) is 5.39. The van der Waals surface area contributed by atoms with Gasteiger partial charge in [0.2, 0.25) is 5.82 Å². The summed E-state index contributed by atoms with van der Waals surface area (Å²) in [5, 5.41) is 17.9. The summed E-state index contributed by atoms with van der Waals surface area (Å²) in [5.41, 5.74) is 3.14. The SMILES string of the molecule is COc1ccc(-c2ccc(NC(=O)N3CCC(C)CC3)cc2-c2nn[nH]n2)cc1Cl. The summed E-state index contributed by atoms with van der Waals surface area (Å²) in [6, 6.07) is 11.1. The molecule has 0 aliphatic carbocycles. The van der Waals surface area contributed by atoms with E-state index in [1.54, 1.807) is 7.11 Å². The quantitative estimate of drug-likeness (QED) is 0.642. The number of halogens is 1. The summed E-state index contributed by atoms with van der Waals surface area (Å²) in [6.45, 7) is 3.76. The van der Waals surface area contributed by atoms with E-state index in [0.717, 1.165) is 42.6 Å². The third-order valence-corrected chi connectivity index (χ3v) is 5.69. The van der Waals surface area contributed by atoms with Crippen LogP contribution >= 0.6 is 11.6 Å². The average molecular weight is 427 g/mol. The van der Waals surface area contributed by atoms with Crippen molar-refractivity contribution in [3.05, 3.63) is 41.4 Å². The van der Waals surface area contributed by atoms with Crippen molar-refractivity contribution >= 4 is 23.3 Å². The maximum atomic E-state index is 12.7. The van der Waals surface area contributed by atoms with Gasteiger partial charge in [0.05, 0.1) is 12.1 Å². The number of likely N-dealkylation sites (tertiary alicyclic amines) is 1. The van der Waals surface area contributed by atoms with Crippen molar-refractivity contribution in [2.75, 3.05) is 25.5 Å². The predicted octanol–water partition coefficient (Wildman–Crippen LogP) is 4.46. The van der Waals surface area contributed by atoms with Gasteiger partial charge in [0.25, 0.3) is 0 Å². The first-order valence-electron chi connectivity index (χ1n) is 9.83. The first-order valence-corrected chi connectivity index (χ1v) is 10.2. The van der Waals surface area contributed by atoms with Crippen molar-refractivity contribution in [2.45, 2.75) is 19.8 Å². The third kappa shape index (κ3) is 4.23. The number of piperidine rings is 1. The predicted molar refractivity (Wildman–Crippen MR) is 116 cm³/mol. The molecule has 30 heavy (non-hydrogen) atoms. The minimum atomic E-state index is -0.0961. The van der Waals surface area contributed by atoms with Crippen LogP contribution in [-0.2, 0) is 0 Å². The molecule has 0 spiro atoms. The van der Waals surface area contributed by atoms with E-state index in [1.165, 1.54) is 0 Å². The number of hydrogen-bond acceptors (Lipinski definition) is 5. The lowest BCUT2D eigenvalue weighted by Gasteiger charge is -2.30. The molecule has 0 bridgehead atoms. The number of carbonyl (C=O) groups is 1. The Hall–Kier alpha value is -3.13. The second-order valence-electron chi connectivity index (χ2n) is 7.44. The molecule has 1 fully saturated rings. The molecule has 4 rings (SSSR count). The Labute approximate surface area is 179 Å². The Kier molecular flexibility index (Phi) is 5.85. The number of urea groups is 1. The standard InChI is InChI=1S/C21H23ClN6O2/c1-13-7-9-28(10-8-13)21(29)23-15-4-5-16(17(12-15)20-24-26-27-25-20)14-3-6-19(30-2)18(22)11-14/h3-6,11-13H,7-10H2,1-2H3,(H,23,29)(H,24,25,26,27). The molecule has 0 saturated carbocycles. The van der Waals surface area contributed by atoms with Crippen LogP contribution in [0.3, 0.4) is 0 Å². The van der Waals surface area contributed by atoms with Crippen molar-refractivity contribution in [1.29, 1.82) is 0 Å². The highest BCUT2D eigenvalue weighted by atomic mass is 35.5. The summed E-state index contributed by atoms with van der Waals surface area (Å²) < 4.78 is 5.24. The maximum absolute atomic E-state index is 12.7. The monoisotopic (exact) mass is 426 g/mol. The van der Waals surface area contributed by atoms with Gasteiger partial charge in [-0.2, -0.15) is 5.21 Å². The number of nitrogens with zero attached hydrogens (tertiary/aromatic N) is 4. The lowest BCUT2D eigenvalue weighted by atomic mass is 9.98. The van der Waals surface area contributed by atoms with Gasteiger partial charge in [-0.25, -0.2) is 4.79 Å². The van der Waals surface area contributed by atoms with Crippen LogP contribution in [0.5, 0.6) is 5.75 Å². The lowest BCUT2D eigenvalue weighted by molar-refractivity contribution is 0.186. The van der Waals surface area contributed by atoms with Gasteiger partial charge in [-0.15, -0.1) is 10.2 Å². The van der Waals surface area contributed by atoms with Crippen molar-refractivity contribution in [3.63, 3.8) is 0 Å². The van der Waals surface area contributed by atoms with Crippen LogP contribution < -0.4 is 10.1 Å². The van der Waals surface area contributed by atoms with Gasteiger partial charge in [-0.3, -0.25) is 0 Å². The van der Waals surface area contributed by atoms with Crippen LogP contribution in [0.4, 0.5) is 10.5 Å². The molecule has 1 aliphatic heterocycles. The Morgan fingerprint density at radius 3 is 2.67 bits per heavy atom. The molecule has 8 nitrogen and oxygen atoms in total. The number of ether oxygens (including phenoxy) is 1. The van der Waals surface area contributed by atoms with Crippen LogP contribution in [0, 0.1) is 5.92 Å². The molecule has 1 aliphatic rings. The largest absolute Gasteiger partial charge is 0.495 e. The molecule has 2 aromatic carbocycles. The number of carbonyl (C=O) groups excluding carboxylic acids is 1. The zero-order chi connectivity index (χ0) is 21.1. The van der Waals surface area contributed by atoms with Crippen molar-refractivity contribution in [3.8, 4) is 28.3 Å². The molecule has 9 heteroatoms. The molecular formula is C21H23ClN6O2. The van der Waals surface area contributed by atoms with Crippen LogP contribution in [-0.4, -0.2) is 51.8 Å². The van der Waals surface area contributed by atoms with E-state index in [4.69, 9.17) is 16.3 Å². The van der Waals surface area contributed by atoms with E-state index in [0.29, 0.717) is 28.2 Å². The normalized spacial score (nSPS) is 14.6. The number of benzene rings is 2. The van der Waals surface area contributed by atoms with E-state index >= 15 is 0 Å². The van der Waals surface area contributed by atoms with Crippen molar-refractivity contribution in [2.24, 2.45) is 5.92 Å². The van der Waals surface area contributed by atoms with Crippen molar-refractivity contribution < 1.29 is 9.53 Å². The van der Waals surface area contributed by atoms with Crippen LogP contribution in [0.25, 0.3) is 22.5 Å². The molecule has 0 atom stereocenters. The highest BCUT2D eigenvalue weighted by Gasteiger charge is 2.21. The topological polar surface area (TPSA) is 96.0 Å². The summed E-state index contributed by atoms with van der Waals surface area (Å²) >= 11 is 6.32. The van der Waals surface area contributed by atoms with Gasteiger partial charge in [0.15, 0.2) is 0 Å². The zero-order valence-electron chi connectivity index (χ0n) is 16.9. The molecule has 0 unspecified atom stereocenters. The zero-order valence-corrected chi connectivity index (χ0v) is 17.6. The lowest BCUT2D eigenvalue weighted by Crippen LogP contribution is -2.40. The fourth-order valence-electron chi connectivity index (χ4n) is 3.58. The first kappa shape index (κ1) is 20.2. The van der Waals surface area contributed by atoms with E-state index in [-0.39, 0.29) is 6.03 Å². The van der Waals surface area contributed by atoms with E-state index in [9.17, 15) is 4.79 Å². The number of anilines is 1. The van der Waals surface area contributed by atoms with Crippen LogP contribution in [0.15, 0.2) is 36.4 Å². The average Bonchev–Trinajstić information content (AvgIpc) is 3.29. The Bertz CT molecular complexity index is 1030. The van der Waals surface area contributed by atoms with Gasteiger partial charge < -0.3 is 15.0 Å². The molecule has 0 radical (unpaired) electrons. The molecule has 2 N–H and O–H groups in total. The first-order chi connectivity index (χ1) is 14.5. The van der Waals surface area contributed by atoms with Gasteiger partial charge in [0.1, 0.15) is 5.75 Å². The number of nitrogens with one attached hydrogen (secondary N) is 2. The number of hydrogen-bond donors (Lipinski definition) is 2. The van der Waals surface area contributed by atoms with E-state index < -0.39 is 0 Å². The fourth-order valence-corrected chi connectivity index (χ4v) is 3.84. The summed E-state index contributed by atoms with van der Waals surface area (Å²) in [6.07, 6.45) is 2.05. The van der Waals surface area contributed by atoms with E-state index in [2.05, 4.69) is 32.9 Å². The van der Waals surface area contributed by atoms with E-state index in [1.807, 2.05) is 41.3 Å². The van der Waals surface area contributed by atoms with Crippen LogP contribution in [0.1, 0.15) is 19.8 Å². The summed E-state index contributed by atoms with van der Waals surface area (Å²) in [4.78, 5) is 14.5. The van der Waals surface area contributed by atoms with Crippen molar-refractivity contribution in [1.82, 2.24) is 25.5 Å². The molecule has 2 amide bonds.